The molecule has 0 amide bonds. The summed E-state index contributed by atoms with van der Waals surface area (Å²) in [6.07, 6.45) is 4.55. The van der Waals surface area contributed by atoms with E-state index in [0.717, 1.165) is 19.4 Å². The van der Waals surface area contributed by atoms with Crippen molar-refractivity contribution >= 4 is 17.3 Å². The van der Waals surface area contributed by atoms with Gasteiger partial charge in [0.25, 0.3) is 0 Å². The molecule has 2 rings (SSSR count). The van der Waals surface area contributed by atoms with E-state index in [1.54, 1.807) is 0 Å². The zero-order valence-electron chi connectivity index (χ0n) is 7.39. The van der Waals surface area contributed by atoms with Crippen LogP contribution in [0.4, 0.5) is 0 Å². The van der Waals surface area contributed by atoms with Crippen molar-refractivity contribution in [1.29, 1.82) is 0 Å². The van der Waals surface area contributed by atoms with Gasteiger partial charge in [0, 0.05) is 6.54 Å². The van der Waals surface area contributed by atoms with Crippen molar-refractivity contribution in [2.75, 3.05) is 6.54 Å². The quantitative estimate of drug-likeness (QED) is 0.713. The van der Waals surface area contributed by atoms with Gasteiger partial charge in [-0.15, -0.1) is 0 Å². The number of halogens is 1. The van der Waals surface area contributed by atoms with Gasteiger partial charge in [0.1, 0.15) is 0 Å². The highest BCUT2D eigenvalue weighted by atomic mass is 35.5. The Kier molecular flexibility index (Phi) is 2.67. The van der Waals surface area contributed by atoms with Crippen LogP contribution >= 0.6 is 11.8 Å². The molecule has 0 heterocycles. The zero-order valence-corrected chi connectivity index (χ0v) is 8.14. The van der Waals surface area contributed by atoms with Crippen molar-refractivity contribution < 1.29 is 0 Å². The first kappa shape index (κ1) is 8.79. The lowest BCUT2D eigenvalue weighted by molar-refractivity contribution is 0.959. The van der Waals surface area contributed by atoms with Gasteiger partial charge in [-0.05, 0) is 41.3 Å². The van der Waals surface area contributed by atoms with Crippen LogP contribution in [0.5, 0.6) is 0 Å². The number of hydrogen-bond donors (Lipinski definition) is 1. The largest absolute Gasteiger partial charge is 0.229 e. The number of rotatable bonds is 2. The molecule has 0 bridgehead atoms. The number of allylic oxidation sites excluding steroid dienone is 1. The molecule has 1 aromatic carbocycles. The lowest BCUT2D eigenvalue weighted by atomic mass is 9.91. The van der Waals surface area contributed by atoms with Gasteiger partial charge in [-0.1, -0.05) is 30.3 Å². The van der Waals surface area contributed by atoms with Crippen molar-refractivity contribution in [3.8, 4) is 0 Å². The van der Waals surface area contributed by atoms with Gasteiger partial charge in [-0.3, -0.25) is 0 Å². The molecule has 1 N–H and O–H groups in total. The van der Waals surface area contributed by atoms with Gasteiger partial charge in [-0.2, -0.15) is 0 Å². The Balaban J connectivity index is 2.36. The number of hydrogen-bond acceptors (Lipinski definition) is 1. The minimum absolute atomic E-state index is 0.749. The highest BCUT2D eigenvalue weighted by Crippen LogP contribution is 2.25. The van der Waals surface area contributed by atoms with Crippen molar-refractivity contribution in [2.45, 2.75) is 12.8 Å². The summed E-state index contributed by atoms with van der Waals surface area (Å²) in [4.78, 5) is 2.68. The summed E-state index contributed by atoms with van der Waals surface area (Å²) in [5.41, 5.74) is 4.10. The van der Waals surface area contributed by atoms with Crippen LogP contribution in [0.1, 0.15) is 17.5 Å². The topological polar surface area (TPSA) is 12.0 Å². The first-order valence-electron chi connectivity index (χ1n) is 4.52. The summed E-state index contributed by atoms with van der Waals surface area (Å²) < 4.78 is 0. The van der Waals surface area contributed by atoms with Crippen LogP contribution < -0.4 is 4.84 Å². The third-order valence-corrected chi connectivity index (χ3v) is 2.56. The van der Waals surface area contributed by atoms with Gasteiger partial charge in [0.15, 0.2) is 0 Å². The summed E-state index contributed by atoms with van der Waals surface area (Å²) in [5.74, 6) is 0. The minimum atomic E-state index is 0.749. The van der Waals surface area contributed by atoms with E-state index in [4.69, 9.17) is 11.8 Å². The van der Waals surface area contributed by atoms with Crippen LogP contribution in [0.15, 0.2) is 30.3 Å². The Morgan fingerprint density at radius 3 is 3.00 bits per heavy atom. The molecule has 0 aromatic heterocycles. The Morgan fingerprint density at radius 1 is 1.31 bits per heavy atom. The first-order valence-corrected chi connectivity index (χ1v) is 4.90. The summed E-state index contributed by atoms with van der Waals surface area (Å²) in [6, 6.07) is 8.52. The van der Waals surface area contributed by atoms with Crippen LogP contribution in [-0.2, 0) is 6.42 Å². The number of aryl methyl sites for hydroxylation is 1. The van der Waals surface area contributed by atoms with Crippen LogP contribution in [-0.4, -0.2) is 6.54 Å². The van der Waals surface area contributed by atoms with Crippen LogP contribution in [0.2, 0.25) is 0 Å². The maximum Gasteiger partial charge on any atom is 0.0361 e. The molecular weight excluding hydrogens is 182 g/mol. The average Bonchev–Trinajstić information content (AvgIpc) is 2.19. The van der Waals surface area contributed by atoms with E-state index in [-0.39, 0.29) is 0 Å². The van der Waals surface area contributed by atoms with E-state index < -0.39 is 0 Å². The van der Waals surface area contributed by atoms with Gasteiger partial charge in [0.2, 0.25) is 0 Å². The molecule has 0 fully saturated rings. The fourth-order valence-corrected chi connectivity index (χ4v) is 1.95. The smallest absolute Gasteiger partial charge is 0.0361 e. The van der Waals surface area contributed by atoms with E-state index in [1.165, 1.54) is 16.7 Å². The Morgan fingerprint density at radius 2 is 2.15 bits per heavy atom. The van der Waals surface area contributed by atoms with E-state index >= 15 is 0 Å². The summed E-state index contributed by atoms with van der Waals surface area (Å²) in [5, 5.41) is 0. The van der Waals surface area contributed by atoms with Gasteiger partial charge < -0.3 is 0 Å². The SMILES string of the molecule is ClNCC1=CCCc2ccccc21. The molecule has 2 heteroatoms. The fourth-order valence-electron chi connectivity index (χ4n) is 1.80. The standard InChI is InChI=1S/C11H12ClN/c12-13-8-10-6-3-5-9-4-1-2-7-11(9)10/h1-2,4,6-7,13H,3,5,8H2. The lowest BCUT2D eigenvalue weighted by Crippen LogP contribution is -2.08. The molecule has 1 aliphatic carbocycles. The van der Waals surface area contributed by atoms with E-state index in [9.17, 15) is 0 Å². The monoisotopic (exact) mass is 193 g/mol. The normalized spacial score (nSPS) is 15.0. The molecule has 0 unspecified atom stereocenters. The van der Waals surface area contributed by atoms with E-state index in [1.807, 2.05) is 0 Å². The molecule has 1 aromatic rings. The van der Waals surface area contributed by atoms with Crippen LogP contribution in [0, 0.1) is 0 Å². The van der Waals surface area contributed by atoms with Gasteiger partial charge in [-0.25, -0.2) is 4.84 Å². The molecule has 0 saturated carbocycles. The Hall–Kier alpha value is -0.790. The van der Waals surface area contributed by atoms with Gasteiger partial charge >= 0.3 is 0 Å². The van der Waals surface area contributed by atoms with E-state index in [2.05, 4.69) is 35.2 Å². The van der Waals surface area contributed by atoms with Crippen LogP contribution in [0.3, 0.4) is 0 Å². The number of nitrogens with one attached hydrogen (secondary N) is 1. The Bertz CT molecular complexity index is 331. The predicted molar refractivity (Wildman–Crippen MR) is 56.6 cm³/mol. The summed E-state index contributed by atoms with van der Waals surface area (Å²) in [6.45, 7) is 0.749. The van der Waals surface area contributed by atoms with Crippen molar-refractivity contribution in [2.24, 2.45) is 0 Å². The molecule has 0 radical (unpaired) electrons. The Labute approximate surface area is 83.5 Å². The summed E-state index contributed by atoms with van der Waals surface area (Å²) >= 11 is 5.51. The molecule has 1 aliphatic rings. The molecule has 0 spiro atoms. The minimum Gasteiger partial charge on any atom is -0.229 e. The molecular formula is C11H12ClN. The lowest BCUT2D eigenvalue weighted by Gasteiger charge is -2.16. The highest BCUT2D eigenvalue weighted by Gasteiger charge is 2.10. The average molecular weight is 194 g/mol. The maximum absolute atomic E-state index is 5.51. The number of benzene rings is 1. The first-order chi connectivity index (χ1) is 6.42. The van der Waals surface area contributed by atoms with E-state index in [0.29, 0.717) is 0 Å². The third-order valence-electron chi connectivity index (χ3n) is 2.42. The second-order valence-electron chi connectivity index (χ2n) is 3.24. The second kappa shape index (κ2) is 3.95. The third kappa shape index (κ3) is 1.77. The van der Waals surface area contributed by atoms with Crippen LogP contribution in [0.25, 0.3) is 5.57 Å². The predicted octanol–water partition coefficient (Wildman–Crippen LogP) is 2.76. The summed E-state index contributed by atoms with van der Waals surface area (Å²) in [7, 11) is 0. The second-order valence-corrected chi connectivity index (χ2v) is 3.50. The zero-order chi connectivity index (χ0) is 9.10. The molecule has 0 atom stereocenters. The highest BCUT2D eigenvalue weighted by molar-refractivity contribution is 6.13. The van der Waals surface area contributed by atoms with Gasteiger partial charge in [0.05, 0.1) is 0 Å². The maximum atomic E-state index is 5.51. The van der Waals surface area contributed by atoms with Crippen molar-refractivity contribution in [3.05, 3.63) is 41.5 Å². The van der Waals surface area contributed by atoms with Crippen molar-refractivity contribution in [1.82, 2.24) is 4.84 Å². The molecule has 0 aliphatic heterocycles. The molecule has 0 saturated heterocycles. The molecule has 13 heavy (non-hydrogen) atoms. The number of fused-ring (bicyclic) bond motifs is 1. The molecule has 1 nitrogen and oxygen atoms in total. The van der Waals surface area contributed by atoms with Crippen molar-refractivity contribution in [3.63, 3.8) is 0 Å². The molecule has 68 valence electrons. The fraction of sp³-hybridized carbons (Fsp3) is 0.273.